The third kappa shape index (κ3) is 7.16. The van der Waals surface area contributed by atoms with Crippen molar-refractivity contribution in [1.82, 2.24) is 5.32 Å². The van der Waals surface area contributed by atoms with Gasteiger partial charge >= 0.3 is 13.8 Å². The number of carbonyl (C=O) groups excluding carboxylic acids is 1. The lowest BCUT2D eigenvalue weighted by atomic mass is 10.1. The molecular weight excluding hydrogens is 492 g/mol. The molecule has 0 aliphatic carbocycles. The zero-order valence-electron chi connectivity index (χ0n) is 17.3. The molecule has 9 nitrogen and oxygen atoms in total. The van der Waals surface area contributed by atoms with Crippen molar-refractivity contribution in [1.29, 1.82) is 0 Å². The van der Waals surface area contributed by atoms with Gasteiger partial charge in [0, 0.05) is 12.1 Å². The van der Waals surface area contributed by atoms with Crippen molar-refractivity contribution in [2.45, 2.75) is 20.0 Å². The Morgan fingerprint density at radius 2 is 1.79 bits per heavy atom. The molecule has 0 unspecified atom stereocenters. The van der Waals surface area contributed by atoms with Crippen LogP contribution in [0.15, 0.2) is 36.4 Å². The first-order valence-electron chi connectivity index (χ1n) is 9.39. The number of hydrogen-bond donors (Lipinski definition) is 1. The first-order chi connectivity index (χ1) is 15.4. The summed E-state index contributed by atoms with van der Waals surface area (Å²) in [6.45, 7) is 3.24. The minimum absolute atomic E-state index is 0.0461. The molecule has 0 heterocycles. The van der Waals surface area contributed by atoms with Gasteiger partial charge in [0.15, 0.2) is 0 Å². The van der Waals surface area contributed by atoms with Gasteiger partial charge in [-0.2, -0.15) is 13.2 Å². The second kappa shape index (κ2) is 11.0. The van der Waals surface area contributed by atoms with E-state index in [1.165, 1.54) is 0 Å². The Labute approximate surface area is 191 Å². The molecule has 2 aromatic rings. The fourth-order valence-corrected chi connectivity index (χ4v) is 4.19. The minimum atomic E-state index is -4.61. The van der Waals surface area contributed by atoms with Gasteiger partial charge in [0.2, 0.25) is 0 Å². The third-order valence-corrected chi connectivity index (χ3v) is 6.13. The Bertz CT molecular complexity index is 1070. The van der Waals surface area contributed by atoms with Crippen LogP contribution in [-0.2, 0) is 19.8 Å². The molecule has 0 aliphatic rings. The lowest BCUT2D eigenvalue weighted by Crippen LogP contribution is -2.26. The van der Waals surface area contributed by atoms with Gasteiger partial charge in [-0.1, -0.05) is 11.6 Å². The van der Waals surface area contributed by atoms with E-state index >= 15 is 0 Å². The number of nitro groups is 1. The van der Waals surface area contributed by atoms with E-state index in [9.17, 15) is 32.6 Å². The van der Waals surface area contributed by atoms with Crippen LogP contribution in [0.2, 0.25) is 5.02 Å². The molecule has 1 amide bonds. The van der Waals surface area contributed by atoms with Crippen molar-refractivity contribution in [2.75, 3.05) is 19.5 Å². The molecule has 0 radical (unpaired) electrons. The molecule has 0 atom stereocenters. The van der Waals surface area contributed by atoms with Crippen molar-refractivity contribution in [2.24, 2.45) is 0 Å². The maximum absolute atomic E-state index is 12.8. The Morgan fingerprint density at radius 3 is 2.30 bits per heavy atom. The molecule has 0 saturated carbocycles. The highest BCUT2D eigenvalue weighted by Crippen LogP contribution is 2.46. The van der Waals surface area contributed by atoms with Crippen LogP contribution >= 0.6 is 19.2 Å². The molecule has 33 heavy (non-hydrogen) atoms. The van der Waals surface area contributed by atoms with E-state index < -0.39 is 47.7 Å². The Morgan fingerprint density at radius 1 is 1.15 bits per heavy atom. The smallest absolute Gasteiger partial charge is 0.416 e. The molecule has 0 saturated heterocycles. The number of ether oxygens (including phenoxy) is 1. The van der Waals surface area contributed by atoms with E-state index in [1.54, 1.807) is 13.8 Å². The predicted molar refractivity (Wildman–Crippen MR) is 113 cm³/mol. The van der Waals surface area contributed by atoms with E-state index in [2.05, 4.69) is 5.32 Å². The number of alkyl halides is 3. The Hall–Kier alpha value is -2.66. The van der Waals surface area contributed by atoms with E-state index in [4.69, 9.17) is 25.4 Å². The summed E-state index contributed by atoms with van der Waals surface area (Å²) in [5.41, 5.74) is -2.02. The minimum Gasteiger partial charge on any atom is -0.456 e. The second-order valence-corrected chi connectivity index (χ2v) is 8.75. The number of nitrogens with one attached hydrogen (secondary N) is 1. The summed E-state index contributed by atoms with van der Waals surface area (Å²) in [5, 5.41) is 13.3. The molecule has 2 aromatic carbocycles. The first kappa shape index (κ1) is 26.6. The Balaban J connectivity index is 2.30. The van der Waals surface area contributed by atoms with Crippen LogP contribution in [0.4, 0.5) is 18.9 Å². The van der Waals surface area contributed by atoms with Gasteiger partial charge in [-0.3, -0.25) is 19.5 Å². The van der Waals surface area contributed by atoms with Gasteiger partial charge in [-0.25, -0.2) is 0 Å². The van der Waals surface area contributed by atoms with Crippen LogP contribution in [0.3, 0.4) is 0 Å². The molecule has 180 valence electrons. The van der Waals surface area contributed by atoms with E-state index in [0.717, 1.165) is 30.3 Å². The highest BCUT2D eigenvalue weighted by molar-refractivity contribution is 7.53. The molecule has 0 aliphatic heterocycles. The predicted octanol–water partition coefficient (Wildman–Crippen LogP) is 6.01. The van der Waals surface area contributed by atoms with Crippen LogP contribution in [0, 0.1) is 10.1 Å². The van der Waals surface area contributed by atoms with Crippen molar-refractivity contribution >= 4 is 30.8 Å². The molecule has 0 spiro atoms. The van der Waals surface area contributed by atoms with Gasteiger partial charge in [-0.15, -0.1) is 0 Å². The van der Waals surface area contributed by atoms with E-state index in [1.807, 2.05) is 0 Å². The van der Waals surface area contributed by atoms with Gasteiger partial charge in [0.25, 0.3) is 11.6 Å². The standard InChI is InChI=1S/C19H19ClF3N2O7P/c1-3-30-33(29,31-4-2)11-24-18(26)14-10-13(6-7-16(14)25(27)28)32-17-8-5-12(9-15(17)20)19(21,22)23/h5-10H,3-4,11H2,1-2H3,(H,24,26). The van der Waals surface area contributed by atoms with Crippen molar-refractivity contribution in [3.05, 3.63) is 62.7 Å². The maximum Gasteiger partial charge on any atom is 0.416 e. The van der Waals surface area contributed by atoms with Gasteiger partial charge in [0.05, 0.1) is 28.7 Å². The van der Waals surface area contributed by atoms with Crippen LogP contribution in [0.5, 0.6) is 11.5 Å². The van der Waals surface area contributed by atoms with Gasteiger partial charge in [0.1, 0.15) is 23.3 Å². The number of amides is 1. The van der Waals surface area contributed by atoms with Crippen molar-refractivity contribution in [3.63, 3.8) is 0 Å². The number of benzene rings is 2. The molecule has 2 rings (SSSR count). The fourth-order valence-electron chi connectivity index (χ4n) is 2.59. The average Bonchev–Trinajstić information content (AvgIpc) is 2.73. The number of hydrogen-bond acceptors (Lipinski definition) is 7. The third-order valence-electron chi connectivity index (χ3n) is 3.98. The Kier molecular flexibility index (Phi) is 8.84. The summed E-state index contributed by atoms with van der Waals surface area (Å²) < 4.78 is 66.4. The zero-order valence-corrected chi connectivity index (χ0v) is 19.0. The zero-order chi connectivity index (χ0) is 24.8. The number of rotatable bonds is 10. The van der Waals surface area contributed by atoms with Crippen molar-refractivity contribution in [3.8, 4) is 11.5 Å². The largest absolute Gasteiger partial charge is 0.456 e. The molecule has 0 aromatic heterocycles. The lowest BCUT2D eigenvalue weighted by Gasteiger charge is -2.17. The summed E-state index contributed by atoms with van der Waals surface area (Å²) in [4.78, 5) is 23.1. The van der Waals surface area contributed by atoms with E-state index in [0.29, 0.717) is 6.07 Å². The quantitative estimate of drug-likeness (QED) is 0.236. The molecular formula is C19H19ClF3N2O7P. The number of carbonyl (C=O) groups is 1. The molecule has 1 N–H and O–H groups in total. The van der Waals surface area contributed by atoms with Gasteiger partial charge < -0.3 is 19.1 Å². The summed E-state index contributed by atoms with van der Waals surface area (Å²) in [5.74, 6) is -1.24. The molecule has 0 bridgehead atoms. The summed E-state index contributed by atoms with van der Waals surface area (Å²) in [6.07, 6.45) is -5.15. The maximum atomic E-state index is 12.8. The highest BCUT2D eigenvalue weighted by Gasteiger charge is 2.31. The van der Waals surface area contributed by atoms with Crippen LogP contribution in [0.25, 0.3) is 0 Å². The van der Waals surface area contributed by atoms with Crippen LogP contribution in [-0.4, -0.2) is 30.3 Å². The summed E-state index contributed by atoms with van der Waals surface area (Å²) >= 11 is 5.86. The highest BCUT2D eigenvalue weighted by atomic mass is 35.5. The monoisotopic (exact) mass is 510 g/mol. The van der Waals surface area contributed by atoms with Crippen molar-refractivity contribution < 1.29 is 41.2 Å². The number of nitrogens with zero attached hydrogens (tertiary/aromatic N) is 1. The fraction of sp³-hybridized carbons (Fsp3) is 0.316. The van der Waals surface area contributed by atoms with Gasteiger partial charge in [-0.05, 0) is 38.1 Å². The van der Waals surface area contributed by atoms with Crippen LogP contribution in [0.1, 0.15) is 29.8 Å². The van der Waals surface area contributed by atoms with Crippen LogP contribution < -0.4 is 10.1 Å². The topological polar surface area (TPSA) is 117 Å². The number of nitro benzene ring substituents is 1. The second-order valence-electron chi connectivity index (χ2n) is 6.29. The molecule has 14 heteroatoms. The summed E-state index contributed by atoms with van der Waals surface area (Å²) in [7, 11) is -3.67. The normalized spacial score (nSPS) is 11.8. The summed E-state index contributed by atoms with van der Waals surface area (Å²) in [6, 6.07) is 5.52. The van der Waals surface area contributed by atoms with E-state index in [-0.39, 0.29) is 29.7 Å². The lowest BCUT2D eigenvalue weighted by molar-refractivity contribution is -0.385. The average molecular weight is 511 g/mol. The SMILES string of the molecule is CCOP(=O)(CNC(=O)c1cc(Oc2ccc(C(F)(F)F)cc2Cl)ccc1[N+](=O)[O-])OCC. The first-order valence-corrected chi connectivity index (χ1v) is 11.5. The number of halogens is 4. The molecule has 0 fully saturated rings.